The molecule has 1 N–H and O–H groups in total. The number of likely N-dealkylation sites (N-methyl/N-ethyl adjacent to an activating group) is 1. The second-order valence-electron chi connectivity index (χ2n) is 12.5. The first-order valence-corrected chi connectivity index (χ1v) is 15.8. The fourth-order valence-electron chi connectivity index (χ4n) is 6.96. The third-order valence-electron chi connectivity index (χ3n) is 9.45. The van der Waals surface area contributed by atoms with Crippen LogP contribution in [0.15, 0.2) is 41.8 Å². The monoisotopic (exact) mass is 588 g/mol. The molecule has 3 aromatic rings. The predicted octanol–water partition coefficient (Wildman–Crippen LogP) is 5.33. The van der Waals surface area contributed by atoms with Crippen LogP contribution in [0.25, 0.3) is 11.3 Å². The smallest absolute Gasteiger partial charge is 0.307 e. The summed E-state index contributed by atoms with van der Waals surface area (Å²) in [4.78, 5) is 36.3. The molecule has 3 atom stereocenters. The van der Waals surface area contributed by atoms with Crippen LogP contribution in [0.3, 0.4) is 0 Å². The van der Waals surface area contributed by atoms with Gasteiger partial charge in [-0.1, -0.05) is 17.7 Å². The van der Waals surface area contributed by atoms with Gasteiger partial charge in [0.15, 0.2) is 5.13 Å². The normalized spacial score (nSPS) is 23.5. The fraction of sp³-hybridized carbons (Fsp3) is 0.485. The van der Waals surface area contributed by atoms with E-state index in [0.29, 0.717) is 12.6 Å². The Balaban J connectivity index is 1.14. The summed E-state index contributed by atoms with van der Waals surface area (Å²) in [6.07, 6.45) is 2.97. The van der Waals surface area contributed by atoms with Crippen LogP contribution in [0.4, 0.5) is 5.13 Å². The minimum atomic E-state index is -0.648. The summed E-state index contributed by atoms with van der Waals surface area (Å²) in [5.74, 6) is 0.389. The molecule has 0 spiro atoms. The SMILES string of the molecule is Cc1ccc(OCc2ccc(C(=O)N3CC[C@H](N(C)C)C3)cc2C)c(-c2csc(N3CC4CCC(C3)C4C(=O)O)n2)c1. The maximum atomic E-state index is 13.1. The number of thiazole rings is 1. The Bertz CT molecular complexity index is 1470. The Morgan fingerprint density at radius 3 is 2.48 bits per heavy atom. The number of carboxylic acids is 1. The number of hydrogen-bond donors (Lipinski definition) is 1. The first-order chi connectivity index (χ1) is 20.2. The Labute approximate surface area is 251 Å². The summed E-state index contributed by atoms with van der Waals surface area (Å²) < 4.78 is 6.38. The first-order valence-electron chi connectivity index (χ1n) is 14.9. The summed E-state index contributed by atoms with van der Waals surface area (Å²) in [7, 11) is 4.14. The number of fused-ring (bicyclic) bond motifs is 2. The van der Waals surface area contributed by atoms with Gasteiger partial charge in [-0.05, 0) is 94.4 Å². The van der Waals surface area contributed by atoms with Gasteiger partial charge in [-0.3, -0.25) is 9.59 Å². The van der Waals surface area contributed by atoms with Crippen LogP contribution in [-0.2, 0) is 11.4 Å². The lowest BCUT2D eigenvalue weighted by Crippen LogP contribution is -2.44. The topological polar surface area (TPSA) is 86.2 Å². The number of benzene rings is 2. The molecule has 2 aromatic carbocycles. The quantitative estimate of drug-likeness (QED) is 0.381. The van der Waals surface area contributed by atoms with Crippen LogP contribution in [0.5, 0.6) is 5.75 Å². The number of hydrogen-bond acceptors (Lipinski definition) is 7. The molecular weight excluding hydrogens is 548 g/mol. The number of nitrogens with zero attached hydrogens (tertiary/aromatic N) is 4. The molecule has 1 aliphatic carbocycles. The van der Waals surface area contributed by atoms with Gasteiger partial charge in [0, 0.05) is 48.7 Å². The zero-order valence-electron chi connectivity index (χ0n) is 24.9. The molecule has 1 aromatic heterocycles. The van der Waals surface area contributed by atoms with Crippen LogP contribution in [0, 0.1) is 31.6 Å². The highest BCUT2D eigenvalue weighted by Crippen LogP contribution is 2.44. The molecule has 2 saturated heterocycles. The van der Waals surface area contributed by atoms with E-state index in [1.807, 2.05) is 42.2 Å². The highest BCUT2D eigenvalue weighted by atomic mass is 32.1. The molecule has 3 heterocycles. The summed E-state index contributed by atoms with van der Waals surface area (Å²) >= 11 is 1.61. The van der Waals surface area contributed by atoms with E-state index in [1.165, 1.54) is 0 Å². The van der Waals surface area contributed by atoms with E-state index in [0.717, 1.165) is 89.8 Å². The van der Waals surface area contributed by atoms with Gasteiger partial charge < -0.3 is 24.5 Å². The average Bonchev–Trinajstić information content (AvgIpc) is 3.71. The second-order valence-corrected chi connectivity index (χ2v) is 13.3. The fourth-order valence-corrected chi connectivity index (χ4v) is 7.81. The molecule has 8 nitrogen and oxygen atoms in total. The molecule has 3 aliphatic rings. The summed E-state index contributed by atoms with van der Waals surface area (Å²) in [6, 6.07) is 12.5. The lowest BCUT2D eigenvalue weighted by Gasteiger charge is -2.35. The van der Waals surface area contributed by atoms with E-state index in [4.69, 9.17) is 9.72 Å². The third-order valence-corrected chi connectivity index (χ3v) is 10.3. The number of aryl methyl sites for hydroxylation is 2. The van der Waals surface area contributed by atoms with E-state index in [9.17, 15) is 14.7 Å². The molecule has 6 rings (SSSR count). The zero-order chi connectivity index (χ0) is 29.5. The van der Waals surface area contributed by atoms with Crippen LogP contribution in [-0.4, -0.2) is 78.1 Å². The maximum absolute atomic E-state index is 13.1. The molecular formula is C33H40N4O4S. The maximum Gasteiger partial charge on any atom is 0.307 e. The van der Waals surface area contributed by atoms with Gasteiger partial charge in [0.2, 0.25) is 0 Å². The molecule has 42 heavy (non-hydrogen) atoms. The van der Waals surface area contributed by atoms with Crippen molar-refractivity contribution in [3.8, 4) is 17.0 Å². The number of rotatable bonds is 8. The van der Waals surface area contributed by atoms with Crippen molar-refractivity contribution < 1.29 is 19.4 Å². The molecule has 9 heteroatoms. The van der Waals surface area contributed by atoms with Crippen LogP contribution >= 0.6 is 11.3 Å². The van der Waals surface area contributed by atoms with Crippen molar-refractivity contribution in [2.75, 3.05) is 45.2 Å². The van der Waals surface area contributed by atoms with Gasteiger partial charge in [-0.2, -0.15) is 0 Å². The number of aromatic nitrogens is 1. The van der Waals surface area contributed by atoms with E-state index in [-0.39, 0.29) is 23.7 Å². The van der Waals surface area contributed by atoms with Gasteiger partial charge >= 0.3 is 5.97 Å². The Hall–Kier alpha value is -3.43. The van der Waals surface area contributed by atoms with Crippen molar-refractivity contribution in [3.05, 3.63) is 64.0 Å². The molecule has 2 aliphatic heterocycles. The van der Waals surface area contributed by atoms with Crippen molar-refractivity contribution in [1.29, 1.82) is 0 Å². The number of amides is 1. The molecule has 222 valence electrons. The van der Waals surface area contributed by atoms with E-state index >= 15 is 0 Å². The number of aliphatic carboxylic acids is 1. The number of carboxylic acid groups (broad SMARTS) is 1. The summed E-state index contributed by atoms with van der Waals surface area (Å²) in [5.41, 5.74) is 5.76. The van der Waals surface area contributed by atoms with Gasteiger partial charge in [0.1, 0.15) is 12.4 Å². The predicted molar refractivity (Wildman–Crippen MR) is 165 cm³/mol. The van der Waals surface area contributed by atoms with Gasteiger partial charge in [0.05, 0.1) is 11.6 Å². The average molecular weight is 589 g/mol. The van der Waals surface area contributed by atoms with Gasteiger partial charge in [-0.25, -0.2) is 4.98 Å². The van der Waals surface area contributed by atoms with Crippen molar-refractivity contribution in [1.82, 2.24) is 14.8 Å². The lowest BCUT2D eigenvalue weighted by atomic mass is 9.85. The highest BCUT2D eigenvalue weighted by Gasteiger charge is 2.46. The van der Waals surface area contributed by atoms with E-state index in [2.05, 4.69) is 42.3 Å². The van der Waals surface area contributed by atoms with Crippen LogP contribution in [0.2, 0.25) is 0 Å². The lowest BCUT2D eigenvalue weighted by molar-refractivity contribution is -0.144. The Kier molecular flexibility index (Phi) is 7.98. The molecule has 1 saturated carbocycles. The number of carbonyl (C=O) groups is 2. The van der Waals surface area contributed by atoms with Crippen LogP contribution < -0.4 is 9.64 Å². The minimum Gasteiger partial charge on any atom is -0.488 e. The van der Waals surface area contributed by atoms with Crippen molar-refractivity contribution in [2.24, 2.45) is 17.8 Å². The largest absolute Gasteiger partial charge is 0.488 e. The van der Waals surface area contributed by atoms with E-state index in [1.54, 1.807) is 11.3 Å². The summed E-state index contributed by atoms with van der Waals surface area (Å²) in [6.45, 7) is 7.56. The molecule has 0 radical (unpaired) electrons. The third kappa shape index (κ3) is 5.64. The number of piperidine rings is 1. The number of likely N-dealkylation sites (tertiary alicyclic amines) is 1. The highest BCUT2D eigenvalue weighted by molar-refractivity contribution is 7.14. The standard InChI is InChI=1S/C33H40N4O4S/c1-20-5-10-29(41-18-25-9-6-22(14-21(25)2)31(38)36-12-11-26(17-36)35(3)4)27(13-20)28-19-42-33(34-28)37-15-23-7-8-24(16-37)30(23)32(39)40/h5-6,9-10,13-14,19,23-24,26,30H,7-8,11-12,15-18H2,1-4H3,(H,39,40)/t23?,24?,26-,30?/m0/s1. The van der Waals surface area contributed by atoms with Crippen LogP contribution in [0.1, 0.15) is 46.3 Å². The number of carbonyl (C=O) groups excluding carboxylic acids is 1. The minimum absolute atomic E-state index is 0.0928. The number of anilines is 1. The second kappa shape index (κ2) is 11.7. The molecule has 2 bridgehead atoms. The molecule has 2 unspecified atom stereocenters. The van der Waals surface area contributed by atoms with Gasteiger partial charge in [-0.15, -0.1) is 11.3 Å². The van der Waals surface area contributed by atoms with E-state index < -0.39 is 5.97 Å². The van der Waals surface area contributed by atoms with Gasteiger partial charge in [0.25, 0.3) is 5.91 Å². The number of ether oxygens (including phenoxy) is 1. The molecule has 1 amide bonds. The summed E-state index contributed by atoms with van der Waals surface area (Å²) in [5, 5.41) is 12.7. The first kappa shape index (κ1) is 28.7. The van der Waals surface area contributed by atoms with Crippen molar-refractivity contribution in [2.45, 2.75) is 45.8 Å². The van der Waals surface area contributed by atoms with Crippen molar-refractivity contribution >= 4 is 28.3 Å². The Morgan fingerprint density at radius 2 is 1.81 bits per heavy atom. The Morgan fingerprint density at radius 1 is 1.05 bits per heavy atom. The zero-order valence-corrected chi connectivity index (χ0v) is 25.7. The van der Waals surface area contributed by atoms with Crippen molar-refractivity contribution in [3.63, 3.8) is 0 Å². The molecule has 3 fully saturated rings.